The predicted molar refractivity (Wildman–Crippen MR) is 97.9 cm³/mol. The Labute approximate surface area is 153 Å². The van der Waals surface area contributed by atoms with E-state index in [0.29, 0.717) is 0 Å². The molecule has 2 saturated carbocycles. The van der Waals surface area contributed by atoms with Gasteiger partial charge >= 0.3 is 0 Å². The van der Waals surface area contributed by atoms with Crippen molar-refractivity contribution < 1.29 is 9.72 Å². The molecular weight excluding hydrogens is 334 g/mol. The van der Waals surface area contributed by atoms with Gasteiger partial charge < -0.3 is 4.90 Å². The zero-order valence-corrected chi connectivity index (χ0v) is 15.1. The molecule has 26 heavy (non-hydrogen) atoms. The van der Waals surface area contributed by atoms with Crippen molar-refractivity contribution >= 4 is 11.6 Å². The number of rotatable bonds is 5. The third-order valence-corrected chi connectivity index (χ3v) is 5.71. The van der Waals surface area contributed by atoms with Crippen molar-refractivity contribution in [2.45, 2.75) is 82.8 Å². The Kier molecular flexibility index (Phi) is 6.06. The highest BCUT2D eigenvalue weighted by molar-refractivity contribution is 5.77. The van der Waals surface area contributed by atoms with Crippen LogP contribution >= 0.6 is 0 Å². The smallest absolute Gasteiger partial charge is 0.285 e. The Morgan fingerprint density at radius 3 is 2.08 bits per heavy atom. The van der Waals surface area contributed by atoms with Gasteiger partial charge in [-0.1, -0.05) is 38.5 Å². The van der Waals surface area contributed by atoms with Gasteiger partial charge in [-0.15, -0.1) is 0 Å². The molecule has 0 bridgehead atoms. The summed E-state index contributed by atoms with van der Waals surface area (Å²) in [5.41, 5.74) is -0.546. The molecule has 0 atom stereocenters. The first kappa shape index (κ1) is 18.6. The fraction of sp³-hybridized carbons (Fsp3) is 0.684. The Bertz CT molecular complexity index is 685. The second-order valence-corrected chi connectivity index (χ2v) is 7.50. The minimum Gasteiger partial charge on any atom is -0.335 e. The van der Waals surface area contributed by atoms with Gasteiger partial charge in [-0.05, 0) is 25.7 Å². The molecule has 1 heterocycles. The van der Waals surface area contributed by atoms with Crippen LogP contribution in [0.4, 0.5) is 5.69 Å². The number of carbonyl (C=O) groups excluding carboxylic acids is 1. The summed E-state index contributed by atoms with van der Waals surface area (Å²) in [4.78, 5) is 37.7. The highest BCUT2D eigenvalue weighted by Crippen LogP contribution is 2.30. The van der Waals surface area contributed by atoms with Crippen LogP contribution in [0.15, 0.2) is 23.1 Å². The normalized spacial score (nSPS) is 19.2. The van der Waals surface area contributed by atoms with Crippen LogP contribution in [0.5, 0.6) is 0 Å². The zero-order valence-electron chi connectivity index (χ0n) is 15.1. The maximum atomic E-state index is 13.1. The van der Waals surface area contributed by atoms with E-state index in [-0.39, 0.29) is 35.8 Å². The van der Waals surface area contributed by atoms with Crippen molar-refractivity contribution in [3.8, 4) is 0 Å². The molecule has 0 N–H and O–H groups in total. The standard InChI is InChI=1S/C19H27N3O4/c23-18-12-11-17(22(25)26)13-20(18)14-19(24)21(15-7-3-1-4-8-15)16-9-5-2-6-10-16/h11-13,15-16H,1-10,14H2. The van der Waals surface area contributed by atoms with Gasteiger partial charge in [0.15, 0.2) is 0 Å². The fourth-order valence-electron chi connectivity index (χ4n) is 4.40. The van der Waals surface area contributed by atoms with E-state index in [9.17, 15) is 19.7 Å². The molecule has 1 aromatic rings. The summed E-state index contributed by atoms with van der Waals surface area (Å²) in [5, 5.41) is 11.0. The van der Waals surface area contributed by atoms with Crippen LogP contribution in [-0.4, -0.2) is 32.4 Å². The van der Waals surface area contributed by atoms with Gasteiger partial charge in [0.1, 0.15) is 6.54 Å². The number of hydrogen-bond donors (Lipinski definition) is 0. The summed E-state index contributed by atoms with van der Waals surface area (Å²) < 4.78 is 1.18. The van der Waals surface area contributed by atoms with Gasteiger partial charge in [0, 0.05) is 24.2 Å². The molecular formula is C19H27N3O4. The second kappa shape index (κ2) is 8.47. The second-order valence-electron chi connectivity index (χ2n) is 7.50. The van der Waals surface area contributed by atoms with Gasteiger partial charge in [0.05, 0.1) is 11.1 Å². The van der Waals surface area contributed by atoms with Crippen LogP contribution in [-0.2, 0) is 11.3 Å². The van der Waals surface area contributed by atoms with Gasteiger partial charge in [0.25, 0.3) is 11.2 Å². The maximum Gasteiger partial charge on any atom is 0.285 e. The van der Waals surface area contributed by atoms with Crippen molar-refractivity contribution in [2.75, 3.05) is 0 Å². The van der Waals surface area contributed by atoms with E-state index >= 15 is 0 Å². The van der Waals surface area contributed by atoms with Crippen LogP contribution in [0.2, 0.25) is 0 Å². The van der Waals surface area contributed by atoms with E-state index in [1.165, 1.54) is 29.7 Å². The molecule has 2 fully saturated rings. The quantitative estimate of drug-likeness (QED) is 0.595. The van der Waals surface area contributed by atoms with Gasteiger partial charge in [-0.3, -0.25) is 24.3 Å². The molecule has 0 saturated heterocycles. The van der Waals surface area contributed by atoms with Crippen LogP contribution in [0, 0.1) is 10.1 Å². The minimum atomic E-state index is -0.541. The van der Waals surface area contributed by atoms with Crippen LogP contribution in [0.25, 0.3) is 0 Å². The summed E-state index contributed by atoms with van der Waals surface area (Å²) in [6.07, 6.45) is 12.2. The summed E-state index contributed by atoms with van der Waals surface area (Å²) in [5.74, 6) is -0.0774. The lowest BCUT2D eigenvalue weighted by Crippen LogP contribution is -2.50. The molecule has 1 aromatic heterocycles. The molecule has 3 rings (SSSR count). The molecule has 0 radical (unpaired) electrons. The van der Waals surface area contributed by atoms with Crippen molar-refractivity contribution in [3.05, 3.63) is 38.8 Å². The minimum absolute atomic E-state index is 0.0774. The molecule has 7 heteroatoms. The highest BCUT2D eigenvalue weighted by Gasteiger charge is 2.32. The summed E-state index contributed by atoms with van der Waals surface area (Å²) >= 11 is 0. The summed E-state index contributed by atoms with van der Waals surface area (Å²) in [6, 6.07) is 2.84. The van der Waals surface area contributed by atoms with Gasteiger partial charge in [0.2, 0.25) is 5.91 Å². The van der Waals surface area contributed by atoms with E-state index in [2.05, 4.69) is 0 Å². The molecule has 2 aliphatic rings. The lowest BCUT2D eigenvalue weighted by molar-refractivity contribution is -0.385. The first-order valence-electron chi connectivity index (χ1n) is 9.72. The number of aromatic nitrogens is 1. The van der Waals surface area contributed by atoms with Crippen molar-refractivity contribution in [3.63, 3.8) is 0 Å². The zero-order chi connectivity index (χ0) is 18.5. The molecule has 0 unspecified atom stereocenters. The number of carbonyl (C=O) groups is 1. The van der Waals surface area contributed by atoms with E-state index in [4.69, 9.17) is 0 Å². The Morgan fingerprint density at radius 2 is 1.58 bits per heavy atom. The Hall–Kier alpha value is -2.18. The number of amides is 1. The van der Waals surface area contributed by atoms with Crippen LogP contribution in [0.3, 0.4) is 0 Å². The third kappa shape index (κ3) is 4.31. The van der Waals surface area contributed by atoms with Crippen molar-refractivity contribution in [1.82, 2.24) is 9.47 Å². The fourth-order valence-corrected chi connectivity index (χ4v) is 4.40. The topological polar surface area (TPSA) is 85.5 Å². The molecule has 2 aliphatic carbocycles. The monoisotopic (exact) mass is 361 g/mol. The average molecular weight is 361 g/mol. The van der Waals surface area contributed by atoms with Crippen molar-refractivity contribution in [1.29, 1.82) is 0 Å². The van der Waals surface area contributed by atoms with E-state index in [0.717, 1.165) is 57.4 Å². The lowest BCUT2D eigenvalue weighted by atomic mass is 9.88. The number of pyridine rings is 1. The SMILES string of the molecule is O=C(Cn1cc([N+](=O)[O-])ccc1=O)N(C1CCCCC1)C1CCCCC1. The average Bonchev–Trinajstić information content (AvgIpc) is 2.65. The number of hydrogen-bond acceptors (Lipinski definition) is 4. The van der Waals surface area contributed by atoms with Crippen LogP contribution < -0.4 is 5.56 Å². The Balaban J connectivity index is 1.81. The first-order valence-corrected chi connectivity index (χ1v) is 9.72. The molecule has 1 amide bonds. The van der Waals surface area contributed by atoms with Gasteiger partial charge in [-0.25, -0.2) is 0 Å². The number of nitro groups is 1. The largest absolute Gasteiger partial charge is 0.335 e. The van der Waals surface area contributed by atoms with E-state index < -0.39 is 4.92 Å². The first-order chi connectivity index (χ1) is 12.6. The molecule has 0 aliphatic heterocycles. The molecule has 7 nitrogen and oxygen atoms in total. The highest BCUT2D eigenvalue weighted by atomic mass is 16.6. The molecule has 0 spiro atoms. The van der Waals surface area contributed by atoms with E-state index in [1.54, 1.807) is 0 Å². The van der Waals surface area contributed by atoms with Crippen molar-refractivity contribution in [2.24, 2.45) is 0 Å². The molecule has 0 aromatic carbocycles. The number of nitrogens with zero attached hydrogens (tertiary/aromatic N) is 3. The van der Waals surface area contributed by atoms with Crippen LogP contribution in [0.1, 0.15) is 64.2 Å². The third-order valence-electron chi connectivity index (χ3n) is 5.71. The summed E-state index contributed by atoms with van der Waals surface area (Å²) in [7, 11) is 0. The Morgan fingerprint density at radius 1 is 1.04 bits per heavy atom. The van der Waals surface area contributed by atoms with Gasteiger partial charge in [-0.2, -0.15) is 0 Å². The van der Waals surface area contributed by atoms with E-state index in [1.807, 2.05) is 4.90 Å². The lowest BCUT2D eigenvalue weighted by Gasteiger charge is -2.42. The summed E-state index contributed by atoms with van der Waals surface area (Å²) in [6.45, 7) is -0.118. The maximum absolute atomic E-state index is 13.1. The predicted octanol–water partition coefficient (Wildman–Crippen LogP) is 3.25. The molecule has 142 valence electrons.